The monoisotopic (exact) mass is 338 g/mol. The molecule has 0 fully saturated rings. The lowest BCUT2D eigenvalue weighted by Crippen LogP contribution is -2.40. The Balaban J connectivity index is 2.64. The Labute approximate surface area is 142 Å². The molecule has 0 saturated carbocycles. The first-order valence-corrected chi connectivity index (χ1v) is 8.04. The van der Waals surface area contributed by atoms with E-state index >= 15 is 0 Å². The number of ether oxygens (including phenoxy) is 1. The fourth-order valence-electron chi connectivity index (χ4n) is 1.99. The van der Waals surface area contributed by atoms with Crippen LogP contribution in [0.5, 0.6) is 0 Å². The lowest BCUT2D eigenvalue weighted by atomic mass is 10.1. The molecule has 0 radical (unpaired) electrons. The minimum atomic E-state index is -0.236. The van der Waals surface area contributed by atoms with Crippen LogP contribution in [-0.4, -0.2) is 45.2 Å². The van der Waals surface area contributed by atoms with Crippen molar-refractivity contribution in [3.05, 3.63) is 35.1 Å². The molecule has 1 rings (SSSR count). The third-order valence-corrected chi connectivity index (χ3v) is 3.40. The number of guanidine groups is 1. The highest BCUT2D eigenvalue weighted by Gasteiger charge is 2.10. The highest BCUT2D eigenvalue weighted by Crippen LogP contribution is 2.16. The number of hydrogen-bond donors (Lipinski definition) is 3. The summed E-state index contributed by atoms with van der Waals surface area (Å²) in [5.74, 6) is 0.0896. The second kappa shape index (κ2) is 10.6. The Morgan fingerprint density at radius 3 is 2.75 bits per heavy atom. The molecular weight excluding hydrogens is 311 g/mol. The van der Waals surface area contributed by atoms with Crippen molar-refractivity contribution in [2.75, 3.05) is 33.4 Å². The van der Waals surface area contributed by atoms with Gasteiger partial charge < -0.3 is 20.7 Å². The largest absolute Gasteiger partial charge is 0.383 e. The highest BCUT2D eigenvalue weighted by atomic mass is 19.1. The maximum atomic E-state index is 13.7. The summed E-state index contributed by atoms with van der Waals surface area (Å²) in [6, 6.07) is 4.98. The molecule has 3 N–H and O–H groups in total. The van der Waals surface area contributed by atoms with Crippen LogP contribution >= 0.6 is 0 Å². The Morgan fingerprint density at radius 2 is 2.12 bits per heavy atom. The molecule has 0 aliphatic carbocycles. The van der Waals surface area contributed by atoms with Gasteiger partial charge in [0.2, 0.25) is 5.91 Å². The van der Waals surface area contributed by atoms with Crippen LogP contribution in [0.1, 0.15) is 31.0 Å². The maximum absolute atomic E-state index is 13.7. The Morgan fingerprint density at radius 1 is 1.38 bits per heavy atom. The number of nitrogens with zero attached hydrogens (tertiary/aromatic N) is 1. The molecule has 1 aromatic carbocycles. The van der Waals surface area contributed by atoms with E-state index in [-0.39, 0.29) is 24.3 Å². The summed E-state index contributed by atoms with van der Waals surface area (Å²) in [5, 5.41) is 8.95. The van der Waals surface area contributed by atoms with Gasteiger partial charge in [-0.3, -0.25) is 4.79 Å². The van der Waals surface area contributed by atoms with Gasteiger partial charge in [0.25, 0.3) is 0 Å². The van der Waals surface area contributed by atoms with Crippen molar-refractivity contribution in [1.29, 1.82) is 0 Å². The van der Waals surface area contributed by atoms with Gasteiger partial charge in [-0.25, -0.2) is 9.38 Å². The quantitative estimate of drug-likeness (QED) is 0.382. The van der Waals surface area contributed by atoms with E-state index in [1.165, 1.54) is 6.07 Å². The maximum Gasteiger partial charge on any atom is 0.241 e. The van der Waals surface area contributed by atoms with Gasteiger partial charge in [-0.05, 0) is 38.0 Å². The van der Waals surface area contributed by atoms with Crippen molar-refractivity contribution in [2.45, 2.75) is 26.8 Å². The Bertz CT molecular complexity index is 564. The van der Waals surface area contributed by atoms with E-state index in [0.717, 1.165) is 5.56 Å². The van der Waals surface area contributed by atoms with Crippen LogP contribution in [0.15, 0.2) is 23.2 Å². The van der Waals surface area contributed by atoms with Gasteiger partial charge >= 0.3 is 0 Å². The van der Waals surface area contributed by atoms with Gasteiger partial charge in [0.15, 0.2) is 5.96 Å². The molecule has 0 bridgehead atoms. The molecule has 0 aliphatic rings. The zero-order valence-corrected chi connectivity index (χ0v) is 14.8. The van der Waals surface area contributed by atoms with Gasteiger partial charge in [0.1, 0.15) is 12.4 Å². The topological polar surface area (TPSA) is 74.8 Å². The smallest absolute Gasteiger partial charge is 0.241 e. The number of carbonyl (C=O) groups excluding carboxylic acids is 1. The summed E-state index contributed by atoms with van der Waals surface area (Å²) in [4.78, 5) is 15.9. The number of amides is 1. The predicted octanol–water partition coefficient (Wildman–Crippen LogP) is 1.51. The van der Waals surface area contributed by atoms with Crippen molar-refractivity contribution in [1.82, 2.24) is 16.0 Å². The predicted molar refractivity (Wildman–Crippen MR) is 93.6 cm³/mol. The molecule has 24 heavy (non-hydrogen) atoms. The molecule has 6 nitrogen and oxygen atoms in total. The first kappa shape index (κ1) is 19.9. The number of aliphatic imine (C=N–C) groups is 1. The minimum Gasteiger partial charge on any atom is -0.383 e. The van der Waals surface area contributed by atoms with E-state index < -0.39 is 0 Å². The van der Waals surface area contributed by atoms with Crippen molar-refractivity contribution >= 4 is 11.9 Å². The Kier molecular flexibility index (Phi) is 8.78. The molecule has 0 saturated heterocycles. The number of aryl methyl sites for hydroxylation is 1. The van der Waals surface area contributed by atoms with Crippen LogP contribution in [0.4, 0.5) is 4.39 Å². The molecule has 1 unspecified atom stereocenters. The van der Waals surface area contributed by atoms with Crippen LogP contribution in [0.3, 0.4) is 0 Å². The van der Waals surface area contributed by atoms with Crippen LogP contribution in [0.2, 0.25) is 0 Å². The summed E-state index contributed by atoms with van der Waals surface area (Å²) in [7, 11) is 1.58. The number of carbonyl (C=O) groups is 1. The summed E-state index contributed by atoms with van der Waals surface area (Å²) in [5.41, 5.74) is 1.42. The minimum absolute atomic E-state index is 0.00796. The fourth-order valence-corrected chi connectivity index (χ4v) is 1.99. The molecule has 7 heteroatoms. The van der Waals surface area contributed by atoms with E-state index in [4.69, 9.17) is 4.74 Å². The summed E-state index contributed by atoms with van der Waals surface area (Å²) >= 11 is 0. The Hall–Kier alpha value is -2.15. The number of halogens is 1. The molecule has 0 heterocycles. The molecule has 0 aliphatic heterocycles. The first-order chi connectivity index (χ1) is 11.5. The van der Waals surface area contributed by atoms with Gasteiger partial charge in [-0.1, -0.05) is 12.1 Å². The average molecular weight is 338 g/mol. The zero-order chi connectivity index (χ0) is 17.9. The zero-order valence-electron chi connectivity index (χ0n) is 14.8. The van der Waals surface area contributed by atoms with Gasteiger partial charge in [0.05, 0.1) is 12.6 Å². The molecule has 1 atom stereocenters. The average Bonchev–Trinajstić information content (AvgIpc) is 2.55. The van der Waals surface area contributed by atoms with Crippen LogP contribution < -0.4 is 16.0 Å². The molecule has 0 aromatic heterocycles. The van der Waals surface area contributed by atoms with Crippen molar-refractivity contribution < 1.29 is 13.9 Å². The SMILES string of the molecule is CCNC(=NCC(=O)NCCOC)NC(C)c1ccc(C)c(F)c1. The van der Waals surface area contributed by atoms with Crippen LogP contribution in [0.25, 0.3) is 0 Å². The molecule has 134 valence electrons. The van der Waals surface area contributed by atoms with E-state index in [9.17, 15) is 9.18 Å². The van der Waals surface area contributed by atoms with Gasteiger partial charge in [-0.2, -0.15) is 0 Å². The van der Waals surface area contributed by atoms with Crippen molar-refractivity contribution in [3.63, 3.8) is 0 Å². The van der Waals surface area contributed by atoms with E-state index in [2.05, 4.69) is 20.9 Å². The number of rotatable bonds is 8. The molecule has 1 aromatic rings. The van der Waals surface area contributed by atoms with E-state index in [0.29, 0.717) is 31.2 Å². The lowest BCUT2D eigenvalue weighted by Gasteiger charge is -2.18. The third kappa shape index (κ3) is 6.95. The van der Waals surface area contributed by atoms with Crippen LogP contribution in [0, 0.1) is 12.7 Å². The molecular formula is C17H27FN4O2. The van der Waals surface area contributed by atoms with Crippen molar-refractivity contribution in [3.8, 4) is 0 Å². The molecule has 1 amide bonds. The highest BCUT2D eigenvalue weighted by molar-refractivity contribution is 5.85. The number of nitrogens with one attached hydrogen (secondary N) is 3. The third-order valence-electron chi connectivity index (χ3n) is 3.40. The summed E-state index contributed by atoms with van der Waals surface area (Å²) < 4.78 is 18.6. The van der Waals surface area contributed by atoms with Crippen LogP contribution in [-0.2, 0) is 9.53 Å². The van der Waals surface area contributed by atoms with Crippen molar-refractivity contribution in [2.24, 2.45) is 4.99 Å². The normalized spacial score (nSPS) is 12.6. The summed E-state index contributed by atoms with van der Waals surface area (Å²) in [6.07, 6.45) is 0. The number of hydrogen-bond acceptors (Lipinski definition) is 3. The fraction of sp³-hybridized carbons (Fsp3) is 0.529. The second-order valence-electron chi connectivity index (χ2n) is 5.41. The molecule has 0 spiro atoms. The van der Waals surface area contributed by atoms with E-state index in [1.807, 2.05) is 19.9 Å². The first-order valence-electron chi connectivity index (χ1n) is 8.04. The van der Waals surface area contributed by atoms with Gasteiger partial charge in [-0.15, -0.1) is 0 Å². The summed E-state index contributed by atoms with van der Waals surface area (Å²) in [6.45, 7) is 7.16. The second-order valence-corrected chi connectivity index (χ2v) is 5.41. The lowest BCUT2D eigenvalue weighted by molar-refractivity contribution is -0.119. The number of methoxy groups -OCH3 is 1. The standard InChI is InChI=1S/C17H27FN4O2/c1-5-19-17(21-11-16(23)20-8-9-24-4)22-13(3)14-7-6-12(2)15(18)10-14/h6-7,10,13H,5,8-9,11H2,1-4H3,(H,20,23)(H2,19,21,22). The van der Waals surface area contributed by atoms with E-state index in [1.54, 1.807) is 20.1 Å². The number of benzene rings is 1. The van der Waals surface area contributed by atoms with Gasteiger partial charge in [0, 0.05) is 20.2 Å².